The van der Waals surface area contributed by atoms with E-state index < -0.39 is 0 Å². The molecule has 5 rings (SSSR count). The van der Waals surface area contributed by atoms with E-state index in [4.69, 9.17) is 9.72 Å². The van der Waals surface area contributed by atoms with Crippen LogP contribution in [0.5, 0.6) is 5.75 Å². The van der Waals surface area contributed by atoms with Gasteiger partial charge in [-0.15, -0.1) is 11.3 Å². The molecule has 206 valence electrons. The predicted molar refractivity (Wildman–Crippen MR) is 158 cm³/mol. The fourth-order valence-corrected chi connectivity index (χ4v) is 6.42. The number of hydrogen-bond acceptors (Lipinski definition) is 6. The molecule has 2 aromatic carbocycles. The zero-order valence-corrected chi connectivity index (χ0v) is 24.2. The van der Waals surface area contributed by atoms with Gasteiger partial charge in [-0.1, -0.05) is 24.6 Å². The lowest BCUT2D eigenvalue weighted by molar-refractivity contribution is -0.115. The van der Waals surface area contributed by atoms with Crippen LogP contribution in [0.15, 0.2) is 41.8 Å². The van der Waals surface area contributed by atoms with E-state index in [2.05, 4.69) is 36.3 Å². The number of amides is 1. The Balaban J connectivity index is 1.29. The first-order chi connectivity index (χ1) is 18.8. The molecule has 3 heterocycles. The minimum Gasteiger partial charge on any atom is -0.488 e. The van der Waals surface area contributed by atoms with Crippen LogP contribution in [-0.4, -0.2) is 48.3 Å². The minimum absolute atomic E-state index is 0.130. The molecule has 2 fully saturated rings. The van der Waals surface area contributed by atoms with Gasteiger partial charge in [-0.2, -0.15) is 0 Å². The molecule has 39 heavy (non-hydrogen) atoms. The van der Waals surface area contributed by atoms with Crippen molar-refractivity contribution in [2.45, 2.75) is 65.9 Å². The lowest BCUT2D eigenvalue weighted by Gasteiger charge is -2.27. The molecule has 1 aromatic heterocycles. The summed E-state index contributed by atoms with van der Waals surface area (Å²) in [5.41, 5.74) is 5.70. The number of rotatable bonds is 7. The van der Waals surface area contributed by atoms with Gasteiger partial charge in [0.1, 0.15) is 18.6 Å². The van der Waals surface area contributed by atoms with Crippen LogP contribution in [0.25, 0.3) is 11.3 Å². The van der Waals surface area contributed by atoms with Crippen LogP contribution in [0.4, 0.5) is 5.13 Å². The van der Waals surface area contributed by atoms with Gasteiger partial charge in [-0.3, -0.25) is 4.79 Å². The number of ether oxygens (including phenoxy) is 1. The molecule has 2 saturated heterocycles. The van der Waals surface area contributed by atoms with E-state index in [-0.39, 0.29) is 11.3 Å². The number of carbonyl (C=O) groups is 2. The highest BCUT2D eigenvalue weighted by Gasteiger charge is 2.28. The first-order valence-electron chi connectivity index (χ1n) is 14.1. The Hall–Kier alpha value is -3.19. The van der Waals surface area contributed by atoms with Crippen molar-refractivity contribution in [1.29, 1.82) is 0 Å². The van der Waals surface area contributed by atoms with Gasteiger partial charge < -0.3 is 19.3 Å². The second kappa shape index (κ2) is 11.9. The van der Waals surface area contributed by atoms with Crippen molar-refractivity contribution < 1.29 is 14.3 Å². The molecule has 0 aliphatic carbocycles. The van der Waals surface area contributed by atoms with Crippen LogP contribution in [-0.2, 0) is 11.4 Å². The van der Waals surface area contributed by atoms with Crippen LogP contribution in [0.3, 0.4) is 0 Å². The zero-order valence-electron chi connectivity index (χ0n) is 23.4. The number of aryl methyl sites for hydroxylation is 2. The van der Waals surface area contributed by atoms with Crippen molar-refractivity contribution in [2.75, 3.05) is 31.1 Å². The molecular formula is C32H39N3O3S. The fourth-order valence-electron chi connectivity index (χ4n) is 5.54. The molecular weight excluding hydrogens is 506 g/mol. The summed E-state index contributed by atoms with van der Waals surface area (Å²) in [5.74, 6) is 0.931. The molecule has 1 atom stereocenters. The number of nitrogens with zero attached hydrogens (tertiary/aromatic N) is 3. The van der Waals surface area contributed by atoms with Crippen LogP contribution in [0.1, 0.15) is 72.5 Å². The van der Waals surface area contributed by atoms with E-state index >= 15 is 0 Å². The Morgan fingerprint density at radius 2 is 1.85 bits per heavy atom. The third kappa shape index (κ3) is 6.35. The summed E-state index contributed by atoms with van der Waals surface area (Å²) in [4.78, 5) is 33.8. The van der Waals surface area contributed by atoms with Gasteiger partial charge >= 0.3 is 0 Å². The number of piperidine rings is 1. The number of benzene rings is 2. The van der Waals surface area contributed by atoms with Crippen LogP contribution < -0.4 is 9.64 Å². The fraction of sp³-hybridized carbons (Fsp3) is 0.469. The Bertz CT molecular complexity index is 1330. The Labute approximate surface area is 236 Å². The molecule has 2 aliphatic rings. The average molecular weight is 546 g/mol. The van der Waals surface area contributed by atoms with Crippen molar-refractivity contribution in [1.82, 2.24) is 9.88 Å². The van der Waals surface area contributed by atoms with E-state index in [1.807, 2.05) is 36.1 Å². The highest BCUT2D eigenvalue weighted by molar-refractivity contribution is 7.14. The standard InChI is InChI=1S/C32H39N3O3S/c1-23-8-11-29(38-20-26-10-9-25(19-24(26)2)30(37)34-14-5-4-6-15-34)27(18-23)28-21-39-31(33-28)35-16-7-12-32(3,22-36)13-17-35/h8-11,18-19,21-22H,4-7,12-17,20H2,1-3H3. The molecule has 0 radical (unpaired) electrons. The maximum absolute atomic E-state index is 12.9. The van der Waals surface area contributed by atoms with Crippen molar-refractivity contribution in [3.63, 3.8) is 0 Å². The summed E-state index contributed by atoms with van der Waals surface area (Å²) in [7, 11) is 0. The Kier molecular flexibility index (Phi) is 8.36. The summed E-state index contributed by atoms with van der Waals surface area (Å²) in [5, 5.41) is 3.10. The van der Waals surface area contributed by atoms with Crippen molar-refractivity contribution in [2.24, 2.45) is 5.41 Å². The monoisotopic (exact) mass is 545 g/mol. The lowest BCUT2D eigenvalue weighted by Crippen LogP contribution is -2.35. The smallest absolute Gasteiger partial charge is 0.253 e. The number of thiazole rings is 1. The van der Waals surface area contributed by atoms with E-state index in [9.17, 15) is 9.59 Å². The molecule has 3 aromatic rings. The maximum Gasteiger partial charge on any atom is 0.253 e. The van der Waals surface area contributed by atoms with Gasteiger partial charge in [0, 0.05) is 48.1 Å². The molecule has 0 spiro atoms. The number of hydrogen-bond donors (Lipinski definition) is 0. The zero-order chi connectivity index (χ0) is 27.4. The van der Waals surface area contributed by atoms with Crippen LogP contribution in [0, 0.1) is 19.3 Å². The number of aromatic nitrogens is 1. The van der Waals surface area contributed by atoms with Gasteiger partial charge in [-0.25, -0.2) is 4.98 Å². The molecule has 1 unspecified atom stereocenters. The summed E-state index contributed by atoms with van der Waals surface area (Å²) in [6, 6.07) is 12.2. The molecule has 0 N–H and O–H groups in total. The topological polar surface area (TPSA) is 62.7 Å². The van der Waals surface area contributed by atoms with E-state index in [0.717, 1.165) is 109 Å². The van der Waals surface area contributed by atoms with Gasteiger partial charge in [0.25, 0.3) is 5.91 Å². The SMILES string of the molecule is Cc1ccc(OCc2ccc(C(=O)N3CCCCC3)cc2C)c(-c2csc(N3CCCC(C)(C=O)CC3)n2)c1. The first-order valence-corrected chi connectivity index (χ1v) is 15.0. The normalized spacial score (nSPS) is 20.0. The molecule has 7 heteroatoms. The Morgan fingerprint density at radius 3 is 2.62 bits per heavy atom. The first kappa shape index (κ1) is 27.4. The van der Waals surface area contributed by atoms with E-state index in [1.54, 1.807) is 11.3 Å². The van der Waals surface area contributed by atoms with E-state index in [1.165, 1.54) is 6.42 Å². The van der Waals surface area contributed by atoms with Gasteiger partial charge in [0.05, 0.1) is 5.69 Å². The lowest BCUT2D eigenvalue weighted by atomic mass is 9.85. The van der Waals surface area contributed by atoms with Crippen molar-refractivity contribution in [3.05, 3.63) is 64.0 Å². The van der Waals surface area contributed by atoms with Gasteiger partial charge in [0.2, 0.25) is 0 Å². The summed E-state index contributed by atoms with van der Waals surface area (Å²) < 4.78 is 6.36. The number of likely N-dealkylation sites (tertiary alicyclic amines) is 1. The van der Waals surface area contributed by atoms with E-state index in [0.29, 0.717) is 6.61 Å². The Morgan fingerprint density at radius 1 is 1.03 bits per heavy atom. The number of carbonyl (C=O) groups excluding carboxylic acids is 2. The maximum atomic E-state index is 12.9. The molecule has 2 aliphatic heterocycles. The minimum atomic E-state index is -0.233. The third-order valence-electron chi connectivity index (χ3n) is 8.20. The van der Waals surface area contributed by atoms with Crippen molar-refractivity contribution >= 4 is 28.7 Å². The quantitative estimate of drug-likeness (QED) is 0.305. The second-order valence-corrected chi connectivity index (χ2v) is 12.2. The highest BCUT2D eigenvalue weighted by Crippen LogP contribution is 2.37. The molecule has 0 saturated carbocycles. The number of aldehydes is 1. The predicted octanol–water partition coefficient (Wildman–Crippen LogP) is 6.83. The van der Waals surface area contributed by atoms with Crippen LogP contribution >= 0.6 is 11.3 Å². The summed E-state index contributed by atoms with van der Waals surface area (Å²) >= 11 is 1.65. The third-order valence-corrected chi connectivity index (χ3v) is 9.10. The van der Waals surface area contributed by atoms with Crippen molar-refractivity contribution in [3.8, 4) is 17.0 Å². The molecule has 1 amide bonds. The van der Waals surface area contributed by atoms with Crippen LogP contribution in [0.2, 0.25) is 0 Å². The average Bonchev–Trinajstić information content (AvgIpc) is 3.36. The summed E-state index contributed by atoms with van der Waals surface area (Å²) in [6.45, 7) is 10.1. The number of anilines is 1. The molecule has 6 nitrogen and oxygen atoms in total. The summed E-state index contributed by atoms with van der Waals surface area (Å²) in [6.07, 6.45) is 7.29. The van der Waals surface area contributed by atoms with Gasteiger partial charge in [0.15, 0.2) is 5.13 Å². The largest absolute Gasteiger partial charge is 0.488 e. The second-order valence-electron chi connectivity index (χ2n) is 11.4. The van der Waals surface area contributed by atoms with Gasteiger partial charge in [-0.05, 0) is 87.8 Å². The highest BCUT2D eigenvalue weighted by atomic mass is 32.1. The molecule has 0 bridgehead atoms.